The van der Waals surface area contributed by atoms with Crippen molar-refractivity contribution in [3.8, 4) is 0 Å². The minimum absolute atomic E-state index is 0.0517. The number of hydrogen-bond acceptors (Lipinski definition) is 1. The molecule has 1 N–H and O–H groups in total. The fraction of sp³-hybridized carbons (Fsp3) is 0.647. The van der Waals surface area contributed by atoms with Crippen molar-refractivity contribution >= 4 is 0 Å². The Morgan fingerprint density at radius 2 is 1.80 bits per heavy atom. The van der Waals surface area contributed by atoms with Crippen LogP contribution in [0, 0.1) is 17.0 Å². The van der Waals surface area contributed by atoms with Gasteiger partial charge in [0.05, 0.1) is 0 Å². The van der Waals surface area contributed by atoms with Crippen LogP contribution >= 0.6 is 0 Å². The molecule has 0 bridgehead atoms. The standard InChI is InChI=1S/C17H25F2N/c1-16(2,3)20-12-17(8-4-5-9-17)11-13-10-14(18)6-7-15(13)19/h6-7,10,20H,4-5,8-9,11-12H2,1-3H3. The summed E-state index contributed by atoms with van der Waals surface area (Å²) in [7, 11) is 0. The summed E-state index contributed by atoms with van der Waals surface area (Å²) >= 11 is 0. The topological polar surface area (TPSA) is 12.0 Å². The Labute approximate surface area is 120 Å². The van der Waals surface area contributed by atoms with Crippen LogP contribution in [0.25, 0.3) is 0 Å². The van der Waals surface area contributed by atoms with Gasteiger partial charge in [0.15, 0.2) is 0 Å². The summed E-state index contributed by atoms with van der Waals surface area (Å²) in [5.41, 5.74) is 0.639. The molecule has 0 unspecified atom stereocenters. The highest BCUT2D eigenvalue weighted by atomic mass is 19.1. The molecule has 0 atom stereocenters. The van der Waals surface area contributed by atoms with Gasteiger partial charge in [0.2, 0.25) is 0 Å². The van der Waals surface area contributed by atoms with Crippen molar-refractivity contribution in [2.75, 3.05) is 6.54 Å². The van der Waals surface area contributed by atoms with Crippen LogP contribution in [0.2, 0.25) is 0 Å². The average Bonchev–Trinajstić information content (AvgIpc) is 2.80. The second-order valence-electron chi connectivity index (χ2n) is 7.22. The smallest absolute Gasteiger partial charge is 0.126 e. The molecule has 1 aliphatic rings. The van der Waals surface area contributed by atoms with Crippen LogP contribution in [0.15, 0.2) is 18.2 Å². The summed E-state index contributed by atoms with van der Waals surface area (Å²) in [5, 5.41) is 3.54. The van der Waals surface area contributed by atoms with Crippen LogP contribution in [-0.4, -0.2) is 12.1 Å². The van der Waals surface area contributed by atoms with Gasteiger partial charge < -0.3 is 5.32 Å². The van der Waals surface area contributed by atoms with E-state index in [1.54, 1.807) is 0 Å². The first-order valence-corrected chi connectivity index (χ1v) is 7.49. The molecular weight excluding hydrogens is 256 g/mol. The summed E-state index contributed by atoms with van der Waals surface area (Å²) in [6.07, 6.45) is 5.17. The molecule has 2 rings (SSSR count). The lowest BCUT2D eigenvalue weighted by molar-refractivity contribution is 0.242. The summed E-state index contributed by atoms with van der Waals surface area (Å²) < 4.78 is 27.2. The first-order chi connectivity index (χ1) is 9.30. The highest BCUT2D eigenvalue weighted by Gasteiger charge is 2.35. The van der Waals surface area contributed by atoms with Crippen molar-refractivity contribution in [3.63, 3.8) is 0 Å². The van der Waals surface area contributed by atoms with E-state index in [0.717, 1.165) is 19.4 Å². The van der Waals surface area contributed by atoms with Gasteiger partial charge in [0.25, 0.3) is 0 Å². The Hall–Kier alpha value is -0.960. The van der Waals surface area contributed by atoms with Gasteiger partial charge in [-0.05, 0) is 69.2 Å². The summed E-state index contributed by atoms with van der Waals surface area (Å²) in [6, 6.07) is 3.78. The largest absolute Gasteiger partial charge is 0.312 e. The summed E-state index contributed by atoms with van der Waals surface area (Å²) in [5.74, 6) is -0.633. The normalized spacial score (nSPS) is 18.4. The van der Waals surface area contributed by atoms with Crippen molar-refractivity contribution in [1.29, 1.82) is 0 Å². The van der Waals surface area contributed by atoms with Gasteiger partial charge >= 0.3 is 0 Å². The number of rotatable bonds is 4. The number of halogens is 2. The average molecular weight is 281 g/mol. The number of nitrogens with one attached hydrogen (secondary N) is 1. The molecule has 1 fully saturated rings. The molecule has 0 radical (unpaired) electrons. The van der Waals surface area contributed by atoms with Crippen LogP contribution in [0.5, 0.6) is 0 Å². The SMILES string of the molecule is CC(C)(C)NCC1(Cc2cc(F)ccc2F)CCCC1. The lowest BCUT2D eigenvalue weighted by atomic mass is 9.79. The maximum atomic E-state index is 13.9. The number of benzene rings is 1. The summed E-state index contributed by atoms with van der Waals surface area (Å²) in [6.45, 7) is 7.28. The van der Waals surface area contributed by atoms with Crippen molar-refractivity contribution in [2.45, 2.75) is 58.4 Å². The summed E-state index contributed by atoms with van der Waals surface area (Å²) in [4.78, 5) is 0. The van der Waals surface area contributed by atoms with Crippen LogP contribution in [0.1, 0.15) is 52.0 Å². The van der Waals surface area contributed by atoms with E-state index in [-0.39, 0.29) is 22.6 Å². The van der Waals surface area contributed by atoms with Gasteiger partial charge in [-0.2, -0.15) is 0 Å². The monoisotopic (exact) mass is 281 g/mol. The minimum Gasteiger partial charge on any atom is -0.312 e. The van der Waals surface area contributed by atoms with Crippen molar-refractivity contribution < 1.29 is 8.78 Å². The van der Waals surface area contributed by atoms with E-state index in [9.17, 15) is 8.78 Å². The Morgan fingerprint density at radius 3 is 2.40 bits per heavy atom. The molecular formula is C17H25F2N. The fourth-order valence-corrected chi connectivity index (χ4v) is 3.08. The van der Waals surface area contributed by atoms with E-state index in [1.165, 1.54) is 31.0 Å². The molecule has 1 aromatic rings. The number of hydrogen-bond donors (Lipinski definition) is 1. The predicted molar refractivity (Wildman–Crippen MR) is 78.7 cm³/mol. The van der Waals surface area contributed by atoms with E-state index in [1.807, 2.05) is 0 Å². The van der Waals surface area contributed by atoms with Crippen molar-refractivity contribution in [1.82, 2.24) is 5.32 Å². The van der Waals surface area contributed by atoms with E-state index >= 15 is 0 Å². The van der Waals surface area contributed by atoms with Crippen LogP contribution in [0.4, 0.5) is 8.78 Å². The molecule has 1 aromatic carbocycles. The molecule has 1 nitrogen and oxygen atoms in total. The van der Waals surface area contributed by atoms with Gasteiger partial charge in [-0.15, -0.1) is 0 Å². The second kappa shape index (κ2) is 5.80. The molecule has 0 amide bonds. The van der Waals surface area contributed by atoms with Gasteiger partial charge in [0, 0.05) is 12.1 Å². The van der Waals surface area contributed by atoms with E-state index in [4.69, 9.17) is 0 Å². The zero-order valence-corrected chi connectivity index (χ0v) is 12.7. The minimum atomic E-state index is -0.349. The van der Waals surface area contributed by atoms with E-state index in [0.29, 0.717) is 12.0 Å². The van der Waals surface area contributed by atoms with Crippen LogP contribution < -0.4 is 5.32 Å². The molecule has 20 heavy (non-hydrogen) atoms. The van der Waals surface area contributed by atoms with E-state index in [2.05, 4.69) is 26.1 Å². The lowest BCUT2D eigenvalue weighted by Crippen LogP contribution is -2.44. The molecule has 112 valence electrons. The van der Waals surface area contributed by atoms with Gasteiger partial charge in [0.1, 0.15) is 11.6 Å². The zero-order chi connectivity index (χ0) is 14.8. The van der Waals surface area contributed by atoms with Gasteiger partial charge in [-0.25, -0.2) is 8.78 Å². The Bertz CT molecular complexity index is 457. The maximum Gasteiger partial charge on any atom is 0.126 e. The third kappa shape index (κ3) is 4.02. The molecule has 1 saturated carbocycles. The second-order valence-corrected chi connectivity index (χ2v) is 7.22. The zero-order valence-electron chi connectivity index (χ0n) is 12.7. The third-order valence-corrected chi connectivity index (χ3v) is 4.23. The van der Waals surface area contributed by atoms with Gasteiger partial charge in [-0.1, -0.05) is 12.8 Å². The third-order valence-electron chi connectivity index (χ3n) is 4.23. The molecule has 0 saturated heterocycles. The Morgan fingerprint density at radius 1 is 1.15 bits per heavy atom. The molecule has 0 heterocycles. The van der Waals surface area contributed by atoms with Crippen LogP contribution in [-0.2, 0) is 6.42 Å². The first-order valence-electron chi connectivity index (χ1n) is 7.49. The molecule has 0 aromatic heterocycles. The Balaban J connectivity index is 2.14. The highest BCUT2D eigenvalue weighted by Crippen LogP contribution is 2.41. The molecule has 1 aliphatic carbocycles. The maximum absolute atomic E-state index is 13.9. The fourth-order valence-electron chi connectivity index (χ4n) is 3.08. The molecule has 0 aliphatic heterocycles. The first kappa shape index (κ1) is 15.4. The van der Waals surface area contributed by atoms with Crippen molar-refractivity contribution in [2.24, 2.45) is 5.41 Å². The molecule has 0 spiro atoms. The lowest BCUT2D eigenvalue weighted by Gasteiger charge is -2.33. The highest BCUT2D eigenvalue weighted by molar-refractivity contribution is 5.21. The van der Waals surface area contributed by atoms with Crippen LogP contribution in [0.3, 0.4) is 0 Å². The Kier molecular flexibility index (Phi) is 4.48. The predicted octanol–water partition coefficient (Wildman–Crippen LogP) is 4.46. The quantitative estimate of drug-likeness (QED) is 0.859. The molecule has 3 heteroatoms. The van der Waals surface area contributed by atoms with Crippen molar-refractivity contribution in [3.05, 3.63) is 35.4 Å². The van der Waals surface area contributed by atoms with E-state index < -0.39 is 0 Å². The van der Waals surface area contributed by atoms with Gasteiger partial charge in [-0.3, -0.25) is 0 Å².